The van der Waals surface area contributed by atoms with Crippen LogP contribution in [-0.4, -0.2) is 70.0 Å². The van der Waals surface area contributed by atoms with Gasteiger partial charge in [0, 0.05) is 37.1 Å². The molecule has 0 radical (unpaired) electrons. The summed E-state index contributed by atoms with van der Waals surface area (Å²) in [4.78, 5) is 45.9. The number of aliphatic hydroxyl groups is 1. The van der Waals surface area contributed by atoms with Crippen LogP contribution in [0.5, 0.6) is 5.75 Å². The van der Waals surface area contributed by atoms with Gasteiger partial charge in [-0.1, -0.05) is 6.07 Å². The minimum atomic E-state index is -0.783. The average Bonchev–Trinajstić information content (AvgIpc) is 3.15. The highest BCUT2D eigenvalue weighted by Gasteiger charge is 2.49. The first kappa shape index (κ1) is 24.3. The summed E-state index contributed by atoms with van der Waals surface area (Å²) in [7, 11) is 0. The van der Waals surface area contributed by atoms with Gasteiger partial charge >= 0.3 is 6.09 Å². The lowest BCUT2D eigenvalue weighted by Crippen LogP contribution is -2.48. The molecule has 184 valence electrons. The van der Waals surface area contributed by atoms with Gasteiger partial charge in [0.1, 0.15) is 11.5 Å². The first-order valence-corrected chi connectivity index (χ1v) is 11.8. The molecule has 2 saturated heterocycles. The average molecular weight is 480 g/mol. The van der Waals surface area contributed by atoms with Gasteiger partial charge in [0.25, 0.3) is 11.7 Å². The summed E-state index contributed by atoms with van der Waals surface area (Å²) in [6.45, 7) is 5.24. The van der Waals surface area contributed by atoms with E-state index in [-0.39, 0.29) is 23.5 Å². The van der Waals surface area contributed by atoms with Gasteiger partial charge in [-0.05, 0) is 62.6 Å². The zero-order valence-electron chi connectivity index (χ0n) is 19.8. The topological polar surface area (TPSA) is 109 Å². The molecule has 3 heterocycles. The molecule has 1 aromatic heterocycles. The van der Waals surface area contributed by atoms with Crippen molar-refractivity contribution in [1.29, 1.82) is 0 Å². The third-order valence-electron chi connectivity index (χ3n) is 6.30. The van der Waals surface area contributed by atoms with E-state index in [9.17, 15) is 19.5 Å². The zero-order chi connectivity index (χ0) is 24.9. The van der Waals surface area contributed by atoms with Crippen LogP contribution in [0.3, 0.4) is 0 Å². The highest BCUT2D eigenvalue weighted by atomic mass is 16.6. The Labute approximate surface area is 204 Å². The van der Waals surface area contributed by atoms with Crippen molar-refractivity contribution in [3.05, 3.63) is 65.5 Å². The number of amides is 2. The number of ketones is 1. The van der Waals surface area contributed by atoms with E-state index in [4.69, 9.17) is 9.47 Å². The van der Waals surface area contributed by atoms with E-state index >= 15 is 0 Å². The van der Waals surface area contributed by atoms with Gasteiger partial charge in [-0.15, -0.1) is 0 Å². The number of hydrogen-bond acceptors (Lipinski definition) is 7. The number of pyridine rings is 1. The Balaban J connectivity index is 1.69. The van der Waals surface area contributed by atoms with E-state index in [1.807, 2.05) is 6.92 Å². The molecule has 2 aliphatic rings. The van der Waals surface area contributed by atoms with Crippen LogP contribution in [0, 0.1) is 0 Å². The van der Waals surface area contributed by atoms with Crippen LogP contribution >= 0.6 is 0 Å². The molecule has 35 heavy (non-hydrogen) atoms. The molecule has 0 bridgehead atoms. The Morgan fingerprint density at radius 3 is 2.40 bits per heavy atom. The number of rotatable bonds is 6. The lowest BCUT2D eigenvalue weighted by atomic mass is 9.94. The van der Waals surface area contributed by atoms with Crippen molar-refractivity contribution in [2.24, 2.45) is 0 Å². The maximum atomic E-state index is 13.3. The molecule has 1 N–H and O–H groups in total. The number of Topliss-reactive ketones (excluding diaryl/α,β-unsaturated/α-hetero) is 1. The number of likely N-dealkylation sites (tertiary alicyclic amines) is 2. The van der Waals surface area contributed by atoms with Gasteiger partial charge in [0.15, 0.2) is 0 Å². The second-order valence-electron chi connectivity index (χ2n) is 8.37. The van der Waals surface area contributed by atoms with Crippen molar-refractivity contribution in [3.8, 4) is 5.75 Å². The highest BCUT2D eigenvalue weighted by molar-refractivity contribution is 6.46. The predicted octanol–water partition coefficient (Wildman–Crippen LogP) is 3.52. The molecule has 2 aromatic rings. The number of carbonyl (C=O) groups excluding carboxylic acids is 3. The third kappa shape index (κ3) is 4.84. The smallest absolute Gasteiger partial charge is 0.409 e. The first-order chi connectivity index (χ1) is 17.0. The molecule has 2 fully saturated rings. The summed E-state index contributed by atoms with van der Waals surface area (Å²) in [5.74, 6) is -1.01. The van der Waals surface area contributed by atoms with Gasteiger partial charge in [-0.2, -0.15) is 0 Å². The molecule has 1 atom stereocenters. The number of hydrogen-bond donors (Lipinski definition) is 1. The largest absolute Gasteiger partial charge is 0.507 e. The molecule has 9 heteroatoms. The number of piperidine rings is 1. The minimum absolute atomic E-state index is 0.0278. The fourth-order valence-corrected chi connectivity index (χ4v) is 4.66. The van der Waals surface area contributed by atoms with Crippen molar-refractivity contribution in [2.45, 2.75) is 38.8 Å². The first-order valence-electron chi connectivity index (χ1n) is 11.8. The second-order valence-corrected chi connectivity index (χ2v) is 8.37. The molecule has 2 amide bonds. The van der Waals surface area contributed by atoms with E-state index in [1.165, 1.54) is 0 Å². The van der Waals surface area contributed by atoms with Crippen LogP contribution in [-0.2, 0) is 14.3 Å². The Morgan fingerprint density at radius 1 is 1.09 bits per heavy atom. The fraction of sp³-hybridized carbons (Fsp3) is 0.385. The van der Waals surface area contributed by atoms with E-state index in [0.717, 1.165) is 0 Å². The number of aromatic nitrogens is 1. The monoisotopic (exact) mass is 479 g/mol. The molecule has 4 rings (SSSR count). The Morgan fingerprint density at radius 2 is 1.80 bits per heavy atom. The van der Waals surface area contributed by atoms with E-state index in [2.05, 4.69) is 4.98 Å². The van der Waals surface area contributed by atoms with Crippen LogP contribution in [0.1, 0.15) is 43.9 Å². The summed E-state index contributed by atoms with van der Waals surface area (Å²) in [6, 6.07) is 9.18. The normalized spacial score (nSPS) is 20.2. The van der Waals surface area contributed by atoms with E-state index < -0.39 is 17.7 Å². The Hall–Kier alpha value is -3.88. The van der Waals surface area contributed by atoms with Crippen LogP contribution < -0.4 is 4.74 Å². The van der Waals surface area contributed by atoms with Crippen molar-refractivity contribution < 1.29 is 29.0 Å². The Kier molecular flexibility index (Phi) is 7.33. The molecule has 9 nitrogen and oxygen atoms in total. The van der Waals surface area contributed by atoms with Gasteiger partial charge in [0.05, 0.1) is 24.8 Å². The number of ether oxygens (including phenoxy) is 2. The minimum Gasteiger partial charge on any atom is -0.507 e. The standard InChI is InChI=1S/C26H29N3O6/c1-3-34-20-9-7-17(8-10-20)23(30)21-22(18-6-5-13-27-16-18)29(25(32)24(21)31)19-11-14-28(15-12-19)26(33)35-4-2/h5-10,13,16,19,22,30H,3-4,11-12,14-15H2,1-2H3/b23-21+. The van der Waals surface area contributed by atoms with Gasteiger partial charge < -0.3 is 24.4 Å². The molecular formula is C26H29N3O6. The molecule has 0 aliphatic carbocycles. The van der Waals surface area contributed by atoms with Crippen molar-refractivity contribution in [1.82, 2.24) is 14.8 Å². The lowest BCUT2D eigenvalue weighted by Gasteiger charge is -2.38. The quantitative estimate of drug-likeness (QED) is 0.384. The molecule has 0 spiro atoms. The number of aliphatic hydroxyl groups excluding tert-OH is 1. The molecule has 1 aromatic carbocycles. The van der Waals surface area contributed by atoms with Crippen LogP contribution in [0.15, 0.2) is 54.4 Å². The molecule has 1 unspecified atom stereocenters. The Bertz CT molecular complexity index is 1110. The van der Waals surface area contributed by atoms with E-state index in [0.29, 0.717) is 56.0 Å². The summed E-state index contributed by atoms with van der Waals surface area (Å²) in [5.41, 5.74) is 1.07. The van der Waals surface area contributed by atoms with Crippen LogP contribution in [0.4, 0.5) is 4.79 Å². The van der Waals surface area contributed by atoms with Crippen molar-refractivity contribution in [2.75, 3.05) is 26.3 Å². The van der Waals surface area contributed by atoms with Crippen molar-refractivity contribution in [3.63, 3.8) is 0 Å². The highest BCUT2D eigenvalue weighted by Crippen LogP contribution is 2.42. The number of carbonyl (C=O) groups is 3. The molecule has 2 aliphatic heterocycles. The fourth-order valence-electron chi connectivity index (χ4n) is 4.66. The maximum absolute atomic E-state index is 13.3. The summed E-state index contributed by atoms with van der Waals surface area (Å²) in [6.07, 6.45) is 3.81. The third-order valence-corrected chi connectivity index (χ3v) is 6.30. The van der Waals surface area contributed by atoms with Crippen LogP contribution in [0.25, 0.3) is 5.76 Å². The SMILES string of the molecule is CCOC(=O)N1CCC(N2C(=O)C(=O)/C(=C(/O)c3ccc(OCC)cc3)C2c2cccnc2)CC1. The van der Waals surface area contributed by atoms with Gasteiger partial charge in [-0.3, -0.25) is 14.6 Å². The molecule has 0 saturated carbocycles. The predicted molar refractivity (Wildman–Crippen MR) is 128 cm³/mol. The van der Waals surface area contributed by atoms with Gasteiger partial charge in [0.2, 0.25) is 0 Å². The maximum Gasteiger partial charge on any atom is 0.409 e. The summed E-state index contributed by atoms with van der Waals surface area (Å²) in [5, 5.41) is 11.2. The lowest BCUT2D eigenvalue weighted by molar-refractivity contribution is -0.142. The summed E-state index contributed by atoms with van der Waals surface area (Å²) < 4.78 is 10.5. The van der Waals surface area contributed by atoms with E-state index in [1.54, 1.807) is 65.5 Å². The second kappa shape index (κ2) is 10.6. The number of nitrogens with zero attached hydrogens (tertiary/aromatic N) is 3. The zero-order valence-corrected chi connectivity index (χ0v) is 19.8. The molecular weight excluding hydrogens is 450 g/mol. The van der Waals surface area contributed by atoms with Crippen molar-refractivity contribution >= 4 is 23.5 Å². The summed E-state index contributed by atoms with van der Waals surface area (Å²) >= 11 is 0. The van der Waals surface area contributed by atoms with Crippen LogP contribution in [0.2, 0.25) is 0 Å². The number of benzene rings is 1. The van der Waals surface area contributed by atoms with Gasteiger partial charge in [-0.25, -0.2) is 4.79 Å².